The lowest BCUT2D eigenvalue weighted by molar-refractivity contribution is 0.102. The van der Waals surface area contributed by atoms with Crippen molar-refractivity contribution in [3.8, 4) is 0 Å². The Morgan fingerprint density at radius 3 is 2.45 bits per heavy atom. The number of nitrogens with zero attached hydrogens (tertiary/aromatic N) is 1. The van der Waals surface area contributed by atoms with Gasteiger partial charge >= 0.3 is 0 Å². The van der Waals surface area contributed by atoms with Crippen molar-refractivity contribution in [1.29, 1.82) is 0 Å². The summed E-state index contributed by atoms with van der Waals surface area (Å²) in [6.45, 7) is 10.2. The number of carbonyl (C=O) groups is 1. The van der Waals surface area contributed by atoms with Crippen LogP contribution in [0.5, 0.6) is 0 Å². The summed E-state index contributed by atoms with van der Waals surface area (Å²) in [7, 11) is 0. The molecule has 1 amide bonds. The predicted molar refractivity (Wildman–Crippen MR) is 91.5 cm³/mol. The number of hydrogen-bond acceptors (Lipinski definition) is 3. The number of pyridine rings is 1. The first-order chi connectivity index (χ1) is 10.2. The summed E-state index contributed by atoms with van der Waals surface area (Å²) in [5.74, 6) is -0.156. The van der Waals surface area contributed by atoms with E-state index >= 15 is 0 Å². The molecule has 1 aromatic heterocycles. The molecule has 0 radical (unpaired) electrons. The van der Waals surface area contributed by atoms with E-state index in [0.29, 0.717) is 5.56 Å². The molecule has 22 heavy (non-hydrogen) atoms. The average Bonchev–Trinajstić information content (AvgIpc) is 2.40. The summed E-state index contributed by atoms with van der Waals surface area (Å²) in [5, 5.41) is 6.25. The maximum atomic E-state index is 12.4. The van der Waals surface area contributed by atoms with Gasteiger partial charge in [0.2, 0.25) is 0 Å². The lowest BCUT2D eigenvalue weighted by atomic mass is 10.1. The zero-order valence-electron chi connectivity index (χ0n) is 13.8. The number of rotatable bonds is 3. The second-order valence-electron chi connectivity index (χ2n) is 6.61. The van der Waals surface area contributed by atoms with Crippen LogP contribution < -0.4 is 10.6 Å². The van der Waals surface area contributed by atoms with E-state index in [9.17, 15) is 4.79 Å². The molecule has 1 heterocycles. The predicted octanol–water partition coefficient (Wildman–Crippen LogP) is 4.16. The molecule has 2 N–H and O–H groups in total. The number of amides is 1. The molecular weight excluding hydrogens is 274 g/mol. The van der Waals surface area contributed by atoms with Gasteiger partial charge in [-0.3, -0.25) is 9.78 Å². The van der Waals surface area contributed by atoms with Crippen LogP contribution in [0.15, 0.2) is 36.7 Å². The van der Waals surface area contributed by atoms with Gasteiger partial charge in [-0.1, -0.05) is 17.7 Å². The van der Waals surface area contributed by atoms with Crippen molar-refractivity contribution in [1.82, 2.24) is 4.98 Å². The fourth-order valence-electron chi connectivity index (χ4n) is 2.21. The van der Waals surface area contributed by atoms with Gasteiger partial charge in [-0.15, -0.1) is 0 Å². The molecule has 4 heteroatoms. The van der Waals surface area contributed by atoms with E-state index in [1.807, 2.05) is 38.1 Å². The van der Waals surface area contributed by atoms with Crippen LogP contribution in [0.25, 0.3) is 0 Å². The number of aryl methyl sites for hydroxylation is 2. The quantitative estimate of drug-likeness (QED) is 0.894. The van der Waals surface area contributed by atoms with Crippen LogP contribution >= 0.6 is 0 Å². The van der Waals surface area contributed by atoms with Crippen molar-refractivity contribution in [3.63, 3.8) is 0 Å². The van der Waals surface area contributed by atoms with Crippen molar-refractivity contribution < 1.29 is 4.79 Å². The number of nitrogens with one attached hydrogen (secondary N) is 2. The molecule has 0 saturated carbocycles. The van der Waals surface area contributed by atoms with E-state index in [4.69, 9.17) is 0 Å². The zero-order valence-corrected chi connectivity index (χ0v) is 13.8. The van der Waals surface area contributed by atoms with Gasteiger partial charge in [-0.2, -0.15) is 0 Å². The maximum Gasteiger partial charge on any atom is 0.257 e. The van der Waals surface area contributed by atoms with Crippen LogP contribution in [0.1, 0.15) is 42.3 Å². The Balaban J connectivity index is 2.17. The summed E-state index contributed by atoms with van der Waals surface area (Å²) in [6, 6.07) is 7.77. The highest BCUT2D eigenvalue weighted by atomic mass is 16.1. The third-order valence-electron chi connectivity index (χ3n) is 3.15. The second kappa shape index (κ2) is 6.18. The lowest BCUT2D eigenvalue weighted by Gasteiger charge is -2.22. The zero-order chi connectivity index (χ0) is 16.3. The molecule has 0 fully saturated rings. The summed E-state index contributed by atoms with van der Waals surface area (Å²) in [6.07, 6.45) is 3.30. The van der Waals surface area contributed by atoms with E-state index in [-0.39, 0.29) is 11.4 Å². The Bertz CT molecular complexity index is 687. The normalized spacial score (nSPS) is 11.1. The minimum Gasteiger partial charge on any atom is -0.379 e. The minimum atomic E-state index is -0.156. The molecule has 0 bridgehead atoms. The fraction of sp³-hybridized carbons (Fsp3) is 0.333. The molecule has 1 aromatic carbocycles. The van der Waals surface area contributed by atoms with Gasteiger partial charge in [-0.25, -0.2) is 0 Å². The van der Waals surface area contributed by atoms with Crippen molar-refractivity contribution >= 4 is 17.3 Å². The van der Waals surface area contributed by atoms with Gasteiger partial charge < -0.3 is 10.6 Å². The number of benzene rings is 1. The molecule has 0 unspecified atom stereocenters. The van der Waals surface area contributed by atoms with Gasteiger partial charge in [0.15, 0.2) is 0 Å². The Hall–Kier alpha value is -2.36. The Kier molecular flexibility index (Phi) is 4.50. The number of anilines is 2. The molecule has 0 aliphatic carbocycles. The topological polar surface area (TPSA) is 54.0 Å². The first-order valence-corrected chi connectivity index (χ1v) is 7.36. The number of aromatic nitrogens is 1. The molecule has 116 valence electrons. The van der Waals surface area contributed by atoms with Crippen molar-refractivity contribution in [2.24, 2.45) is 0 Å². The SMILES string of the molecule is Cc1ccc(NC(=O)c2cncc(NC(C)(C)C)c2)c(C)c1. The van der Waals surface area contributed by atoms with Crippen molar-refractivity contribution in [2.75, 3.05) is 10.6 Å². The molecule has 2 rings (SSSR count). The first kappa shape index (κ1) is 16.0. The highest BCUT2D eigenvalue weighted by Gasteiger charge is 2.12. The molecule has 0 aliphatic rings. The van der Waals surface area contributed by atoms with Crippen LogP contribution in [0.4, 0.5) is 11.4 Å². The Labute approximate surface area is 132 Å². The summed E-state index contributed by atoms with van der Waals surface area (Å²) >= 11 is 0. The lowest BCUT2D eigenvalue weighted by Crippen LogP contribution is -2.26. The smallest absolute Gasteiger partial charge is 0.257 e. The van der Waals surface area contributed by atoms with Crippen molar-refractivity contribution in [2.45, 2.75) is 40.2 Å². The van der Waals surface area contributed by atoms with Crippen LogP contribution in [-0.2, 0) is 0 Å². The standard InChI is InChI=1S/C18H23N3O/c1-12-6-7-16(13(2)8-12)20-17(22)14-9-15(11-19-10-14)21-18(3,4)5/h6-11,21H,1-5H3,(H,20,22). The van der Waals surface area contributed by atoms with Crippen LogP contribution in [0.2, 0.25) is 0 Å². The van der Waals surface area contributed by atoms with Gasteiger partial charge in [-0.05, 0) is 52.3 Å². The van der Waals surface area contributed by atoms with E-state index in [1.54, 1.807) is 12.4 Å². The van der Waals surface area contributed by atoms with E-state index in [2.05, 4.69) is 36.4 Å². The Morgan fingerprint density at radius 2 is 1.82 bits per heavy atom. The number of hydrogen-bond donors (Lipinski definition) is 2. The monoisotopic (exact) mass is 297 g/mol. The van der Waals surface area contributed by atoms with Gasteiger partial charge in [0.25, 0.3) is 5.91 Å². The molecule has 2 aromatic rings. The van der Waals surface area contributed by atoms with Gasteiger partial charge in [0.1, 0.15) is 0 Å². The van der Waals surface area contributed by atoms with E-state index < -0.39 is 0 Å². The summed E-state index contributed by atoms with van der Waals surface area (Å²) in [4.78, 5) is 16.5. The van der Waals surface area contributed by atoms with Crippen LogP contribution in [-0.4, -0.2) is 16.4 Å². The average molecular weight is 297 g/mol. The van der Waals surface area contributed by atoms with Crippen LogP contribution in [0, 0.1) is 13.8 Å². The second-order valence-corrected chi connectivity index (χ2v) is 6.61. The third kappa shape index (κ3) is 4.32. The maximum absolute atomic E-state index is 12.4. The molecule has 0 spiro atoms. The molecule has 4 nitrogen and oxygen atoms in total. The van der Waals surface area contributed by atoms with Crippen LogP contribution in [0.3, 0.4) is 0 Å². The van der Waals surface area contributed by atoms with Gasteiger partial charge in [0, 0.05) is 23.6 Å². The minimum absolute atomic E-state index is 0.0790. The Morgan fingerprint density at radius 1 is 1.09 bits per heavy atom. The first-order valence-electron chi connectivity index (χ1n) is 7.36. The molecule has 0 atom stereocenters. The summed E-state index contributed by atoms with van der Waals surface area (Å²) < 4.78 is 0. The van der Waals surface area contributed by atoms with E-state index in [1.165, 1.54) is 5.56 Å². The number of carbonyl (C=O) groups excluding carboxylic acids is 1. The highest BCUT2D eigenvalue weighted by Crippen LogP contribution is 2.19. The molecule has 0 aliphatic heterocycles. The summed E-state index contributed by atoms with van der Waals surface area (Å²) in [5.41, 5.74) is 4.34. The highest BCUT2D eigenvalue weighted by molar-refractivity contribution is 6.04. The molecule has 0 saturated heterocycles. The third-order valence-corrected chi connectivity index (χ3v) is 3.15. The van der Waals surface area contributed by atoms with Gasteiger partial charge in [0.05, 0.1) is 11.3 Å². The largest absolute Gasteiger partial charge is 0.379 e. The fourth-order valence-corrected chi connectivity index (χ4v) is 2.21. The molecular formula is C18H23N3O. The van der Waals surface area contributed by atoms with E-state index in [0.717, 1.165) is 16.9 Å². The van der Waals surface area contributed by atoms with Crippen molar-refractivity contribution in [3.05, 3.63) is 53.3 Å².